The van der Waals surface area contributed by atoms with Gasteiger partial charge in [-0.05, 0) is 79.7 Å². The summed E-state index contributed by atoms with van der Waals surface area (Å²) in [4.78, 5) is 24.0. The molecule has 0 aliphatic rings. The van der Waals surface area contributed by atoms with Crippen molar-refractivity contribution in [3.8, 4) is 5.75 Å². The molecule has 0 aliphatic heterocycles. The molecule has 0 saturated heterocycles. The van der Waals surface area contributed by atoms with Crippen LogP contribution in [0.2, 0.25) is 0 Å². The first-order valence-corrected chi connectivity index (χ1v) is 9.18. The zero-order valence-electron chi connectivity index (χ0n) is 16.3. The van der Waals surface area contributed by atoms with E-state index >= 15 is 0 Å². The Morgan fingerprint density at radius 1 is 0.759 bits per heavy atom. The molecule has 3 aromatic rings. The molecule has 148 valence electrons. The number of amides is 1. The van der Waals surface area contributed by atoms with Gasteiger partial charge in [0.05, 0.1) is 19.3 Å². The number of esters is 1. The number of nitrogens with one attached hydrogen (secondary N) is 2. The summed E-state index contributed by atoms with van der Waals surface area (Å²) in [6.45, 7) is 2.12. The molecule has 0 saturated carbocycles. The first kappa shape index (κ1) is 19.9. The van der Waals surface area contributed by atoms with Crippen molar-refractivity contribution in [2.24, 2.45) is 0 Å². The van der Waals surface area contributed by atoms with Gasteiger partial charge in [-0.25, -0.2) is 4.79 Å². The van der Waals surface area contributed by atoms with Crippen LogP contribution in [0.25, 0.3) is 0 Å². The van der Waals surface area contributed by atoms with Gasteiger partial charge >= 0.3 is 5.97 Å². The van der Waals surface area contributed by atoms with Crippen LogP contribution in [-0.2, 0) is 4.74 Å². The molecule has 29 heavy (non-hydrogen) atoms. The lowest BCUT2D eigenvalue weighted by Crippen LogP contribution is -2.11. The highest BCUT2D eigenvalue weighted by molar-refractivity contribution is 6.04. The third-order valence-electron chi connectivity index (χ3n) is 4.18. The molecule has 0 bridgehead atoms. The number of ether oxygens (including phenoxy) is 2. The van der Waals surface area contributed by atoms with Crippen LogP contribution in [-0.4, -0.2) is 25.6 Å². The van der Waals surface area contributed by atoms with Gasteiger partial charge in [0.25, 0.3) is 5.91 Å². The largest absolute Gasteiger partial charge is 0.497 e. The Bertz CT molecular complexity index is 965. The highest BCUT2D eigenvalue weighted by Crippen LogP contribution is 2.20. The molecule has 6 heteroatoms. The van der Waals surface area contributed by atoms with Crippen molar-refractivity contribution in [2.45, 2.75) is 6.92 Å². The van der Waals surface area contributed by atoms with Crippen LogP contribution in [0.15, 0.2) is 72.8 Å². The Labute approximate surface area is 169 Å². The maximum absolute atomic E-state index is 12.3. The lowest BCUT2D eigenvalue weighted by atomic mass is 10.2. The fourth-order valence-corrected chi connectivity index (χ4v) is 2.65. The molecule has 0 radical (unpaired) electrons. The molecule has 3 rings (SSSR count). The number of hydrogen-bond donors (Lipinski definition) is 2. The maximum atomic E-state index is 12.3. The van der Waals surface area contributed by atoms with E-state index in [4.69, 9.17) is 9.47 Å². The summed E-state index contributed by atoms with van der Waals surface area (Å²) in [5, 5.41) is 6.11. The second-order valence-electron chi connectivity index (χ2n) is 6.18. The van der Waals surface area contributed by atoms with Crippen LogP contribution in [0.3, 0.4) is 0 Å². The summed E-state index contributed by atoms with van der Waals surface area (Å²) in [6.07, 6.45) is 0. The molecule has 0 aromatic heterocycles. The Balaban J connectivity index is 1.59. The second-order valence-corrected chi connectivity index (χ2v) is 6.18. The predicted molar refractivity (Wildman–Crippen MR) is 113 cm³/mol. The summed E-state index contributed by atoms with van der Waals surface area (Å²) >= 11 is 0. The van der Waals surface area contributed by atoms with E-state index in [9.17, 15) is 9.59 Å². The number of rotatable bonds is 7. The Morgan fingerprint density at radius 3 is 1.83 bits per heavy atom. The first-order valence-electron chi connectivity index (χ1n) is 9.18. The number of anilines is 3. The predicted octanol–water partition coefficient (Wildman–Crippen LogP) is 4.87. The lowest BCUT2D eigenvalue weighted by molar-refractivity contribution is 0.0526. The van der Waals surface area contributed by atoms with Gasteiger partial charge in [-0.2, -0.15) is 0 Å². The summed E-state index contributed by atoms with van der Waals surface area (Å²) in [7, 11) is 1.58. The fraction of sp³-hybridized carbons (Fsp3) is 0.130. The summed E-state index contributed by atoms with van der Waals surface area (Å²) in [5.74, 6) is 0.172. The summed E-state index contributed by atoms with van der Waals surface area (Å²) < 4.78 is 10.1. The summed E-state index contributed by atoms with van der Waals surface area (Å²) in [5.41, 5.74) is 3.45. The Kier molecular flexibility index (Phi) is 6.47. The van der Waals surface area contributed by atoms with Gasteiger partial charge in [0.15, 0.2) is 0 Å². The van der Waals surface area contributed by atoms with Crippen LogP contribution < -0.4 is 15.4 Å². The van der Waals surface area contributed by atoms with Crippen molar-refractivity contribution in [3.63, 3.8) is 0 Å². The number of benzene rings is 3. The van der Waals surface area contributed by atoms with Crippen molar-refractivity contribution in [1.29, 1.82) is 0 Å². The molecule has 0 heterocycles. The Hall–Kier alpha value is -3.80. The Morgan fingerprint density at radius 2 is 1.28 bits per heavy atom. The zero-order chi connectivity index (χ0) is 20.6. The molecular formula is C23H22N2O4. The molecular weight excluding hydrogens is 368 g/mol. The normalized spacial score (nSPS) is 10.1. The minimum Gasteiger partial charge on any atom is -0.497 e. The number of hydrogen-bond acceptors (Lipinski definition) is 5. The molecule has 2 N–H and O–H groups in total. The van der Waals surface area contributed by atoms with Gasteiger partial charge in [0.1, 0.15) is 5.75 Å². The van der Waals surface area contributed by atoms with Gasteiger partial charge in [0.2, 0.25) is 0 Å². The van der Waals surface area contributed by atoms with Gasteiger partial charge < -0.3 is 20.1 Å². The average Bonchev–Trinajstić information content (AvgIpc) is 2.76. The molecule has 0 unspecified atom stereocenters. The standard InChI is InChI=1S/C23H22N2O4/c1-3-29-23(27)17-4-8-18(9-5-17)24-19-10-12-20(13-11-19)25-22(26)16-6-14-21(28-2)15-7-16/h4-15,24H,3H2,1-2H3,(H,25,26). The third-order valence-corrected chi connectivity index (χ3v) is 4.18. The van der Waals surface area contributed by atoms with E-state index in [-0.39, 0.29) is 11.9 Å². The average molecular weight is 390 g/mol. The molecule has 3 aromatic carbocycles. The number of carbonyl (C=O) groups excluding carboxylic acids is 2. The van der Waals surface area contributed by atoms with E-state index in [1.165, 1.54) is 0 Å². The molecule has 0 spiro atoms. The van der Waals surface area contributed by atoms with Crippen LogP contribution in [0, 0.1) is 0 Å². The molecule has 0 atom stereocenters. The van der Waals surface area contributed by atoms with E-state index in [1.807, 2.05) is 36.4 Å². The molecule has 1 amide bonds. The SMILES string of the molecule is CCOC(=O)c1ccc(Nc2ccc(NC(=O)c3ccc(OC)cc3)cc2)cc1. The van der Waals surface area contributed by atoms with Gasteiger partial charge in [-0.1, -0.05) is 0 Å². The first-order chi connectivity index (χ1) is 14.1. The molecule has 0 fully saturated rings. The topological polar surface area (TPSA) is 76.7 Å². The van der Waals surface area contributed by atoms with Crippen molar-refractivity contribution in [3.05, 3.63) is 83.9 Å². The van der Waals surface area contributed by atoms with Crippen molar-refractivity contribution in [1.82, 2.24) is 0 Å². The highest BCUT2D eigenvalue weighted by atomic mass is 16.5. The fourth-order valence-electron chi connectivity index (χ4n) is 2.65. The van der Waals surface area contributed by atoms with Crippen LogP contribution in [0.1, 0.15) is 27.6 Å². The van der Waals surface area contributed by atoms with Gasteiger partial charge in [0, 0.05) is 22.6 Å². The smallest absolute Gasteiger partial charge is 0.338 e. The zero-order valence-corrected chi connectivity index (χ0v) is 16.3. The monoisotopic (exact) mass is 390 g/mol. The second kappa shape index (κ2) is 9.41. The van der Waals surface area contributed by atoms with Crippen LogP contribution in [0.4, 0.5) is 17.1 Å². The third kappa shape index (κ3) is 5.35. The maximum Gasteiger partial charge on any atom is 0.338 e. The van der Waals surface area contributed by atoms with E-state index in [0.717, 1.165) is 11.4 Å². The molecule has 6 nitrogen and oxygen atoms in total. The van der Waals surface area contributed by atoms with Crippen LogP contribution in [0.5, 0.6) is 5.75 Å². The number of carbonyl (C=O) groups is 2. The van der Waals surface area contributed by atoms with E-state index in [0.29, 0.717) is 29.2 Å². The van der Waals surface area contributed by atoms with Gasteiger partial charge in [-0.3, -0.25) is 4.79 Å². The van der Waals surface area contributed by atoms with Crippen molar-refractivity contribution in [2.75, 3.05) is 24.4 Å². The van der Waals surface area contributed by atoms with Crippen LogP contribution >= 0.6 is 0 Å². The summed E-state index contributed by atoms with van der Waals surface area (Å²) in [6, 6.07) is 21.3. The molecule has 0 aliphatic carbocycles. The minimum atomic E-state index is -0.337. The highest BCUT2D eigenvalue weighted by Gasteiger charge is 2.07. The minimum absolute atomic E-state index is 0.192. The van der Waals surface area contributed by atoms with Gasteiger partial charge in [-0.15, -0.1) is 0 Å². The van der Waals surface area contributed by atoms with Crippen molar-refractivity contribution < 1.29 is 19.1 Å². The van der Waals surface area contributed by atoms with E-state index in [2.05, 4.69) is 10.6 Å². The lowest BCUT2D eigenvalue weighted by Gasteiger charge is -2.10. The quantitative estimate of drug-likeness (QED) is 0.563. The number of methoxy groups -OCH3 is 1. The van der Waals surface area contributed by atoms with E-state index < -0.39 is 0 Å². The van der Waals surface area contributed by atoms with Crippen molar-refractivity contribution >= 4 is 28.9 Å². The van der Waals surface area contributed by atoms with E-state index in [1.54, 1.807) is 50.4 Å².